The molecule has 1 aromatic heterocycles. The van der Waals surface area contributed by atoms with Crippen molar-refractivity contribution in [2.75, 3.05) is 11.1 Å². The number of aryl methyl sites for hydroxylation is 3. The summed E-state index contributed by atoms with van der Waals surface area (Å²) in [6.07, 6.45) is 0. The van der Waals surface area contributed by atoms with Gasteiger partial charge in [0.15, 0.2) is 11.0 Å². The second kappa shape index (κ2) is 9.59. The normalized spacial score (nSPS) is 10.9. The Morgan fingerprint density at radius 2 is 1.62 bits per heavy atom. The number of halogens is 1. The molecule has 1 amide bonds. The molecule has 0 atom stereocenters. The summed E-state index contributed by atoms with van der Waals surface area (Å²) in [5, 5.41) is 13.1. The first kappa shape index (κ1) is 22.1. The van der Waals surface area contributed by atoms with Crippen molar-refractivity contribution in [3.05, 3.63) is 88.4 Å². The van der Waals surface area contributed by atoms with Crippen molar-refractivity contribution in [1.29, 1.82) is 0 Å². The van der Waals surface area contributed by atoms with Gasteiger partial charge in [0.1, 0.15) is 0 Å². The van der Waals surface area contributed by atoms with Gasteiger partial charge < -0.3 is 5.32 Å². The summed E-state index contributed by atoms with van der Waals surface area (Å²) in [6.45, 7) is 6.03. The Bertz CT molecular complexity index is 1250. The molecule has 0 aliphatic rings. The number of thioether (sulfide) groups is 1. The van der Waals surface area contributed by atoms with Crippen molar-refractivity contribution in [1.82, 2.24) is 14.8 Å². The molecule has 0 radical (unpaired) electrons. The molecule has 0 bridgehead atoms. The predicted molar refractivity (Wildman–Crippen MR) is 132 cm³/mol. The number of benzene rings is 3. The van der Waals surface area contributed by atoms with Crippen LogP contribution in [0.4, 0.5) is 5.69 Å². The zero-order valence-electron chi connectivity index (χ0n) is 18.1. The lowest BCUT2D eigenvalue weighted by atomic mass is 10.1. The Labute approximate surface area is 196 Å². The van der Waals surface area contributed by atoms with Gasteiger partial charge in [0.2, 0.25) is 5.91 Å². The van der Waals surface area contributed by atoms with Crippen molar-refractivity contribution in [2.45, 2.75) is 25.9 Å². The lowest BCUT2D eigenvalue weighted by Gasteiger charge is -2.12. The van der Waals surface area contributed by atoms with Gasteiger partial charge >= 0.3 is 0 Å². The summed E-state index contributed by atoms with van der Waals surface area (Å²) in [5.74, 6) is 0.830. The Morgan fingerprint density at radius 1 is 0.938 bits per heavy atom. The summed E-state index contributed by atoms with van der Waals surface area (Å²) in [6, 6.07) is 21.6. The number of hydrogen-bond donors (Lipinski definition) is 1. The monoisotopic (exact) mass is 462 g/mol. The Hall–Kier alpha value is -3.09. The summed E-state index contributed by atoms with van der Waals surface area (Å²) >= 11 is 7.41. The van der Waals surface area contributed by atoms with E-state index in [1.807, 2.05) is 92.1 Å². The molecule has 5 nitrogen and oxygen atoms in total. The van der Waals surface area contributed by atoms with Gasteiger partial charge in [-0.2, -0.15) is 0 Å². The molecule has 32 heavy (non-hydrogen) atoms. The fourth-order valence-corrected chi connectivity index (χ4v) is 4.14. The molecule has 0 aliphatic heterocycles. The molecule has 4 aromatic rings. The Kier molecular flexibility index (Phi) is 6.63. The average molecular weight is 463 g/mol. The van der Waals surface area contributed by atoms with Crippen LogP contribution in [0.1, 0.15) is 16.7 Å². The molecule has 0 unspecified atom stereocenters. The molecule has 1 N–H and O–H groups in total. The fourth-order valence-electron chi connectivity index (χ4n) is 3.26. The molecule has 3 aromatic carbocycles. The molecule has 162 valence electrons. The first-order chi connectivity index (χ1) is 15.4. The maximum atomic E-state index is 12.7. The molecule has 4 rings (SSSR count). The highest BCUT2D eigenvalue weighted by Gasteiger charge is 2.17. The van der Waals surface area contributed by atoms with Crippen molar-refractivity contribution < 1.29 is 4.79 Å². The lowest BCUT2D eigenvalue weighted by molar-refractivity contribution is -0.113. The zero-order valence-corrected chi connectivity index (χ0v) is 19.7. The average Bonchev–Trinajstić information content (AvgIpc) is 3.20. The number of hydrogen-bond acceptors (Lipinski definition) is 4. The SMILES string of the molecule is Cc1ccc(-n2c(SCC(=O)Nc3cc(C)ccc3C)nnc2-c2ccc(Cl)cc2)cc1. The van der Waals surface area contributed by atoms with Gasteiger partial charge in [-0.3, -0.25) is 9.36 Å². The lowest BCUT2D eigenvalue weighted by Crippen LogP contribution is -2.15. The largest absolute Gasteiger partial charge is 0.325 e. The third-order valence-corrected chi connectivity index (χ3v) is 6.21. The van der Waals surface area contributed by atoms with Crippen LogP contribution in [0.3, 0.4) is 0 Å². The van der Waals surface area contributed by atoms with Gasteiger partial charge in [0.25, 0.3) is 0 Å². The number of amides is 1. The minimum absolute atomic E-state index is 0.0878. The second-order valence-corrected chi connectivity index (χ2v) is 9.02. The second-order valence-electron chi connectivity index (χ2n) is 7.64. The van der Waals surface area contributed by atoms with Crippen LogP contribution in [0.15, 0.2) is 71.9 Å². The van der Waals surface area contributed by atoms with Crippen LogP contribution in [0.25, 0.3) is 17.1 Å². The molecule has 0 saturated heterocycles. The summed E-state index contributed by atoms with van der Waals surface area (Å²) in [5.41, 5.74) is 5.96. The maximum absolute atomic E-state index is 12.7. The van der Waals surface area contributed by atoms with E-state index in [0.717, 1.165) is 33.6 Å². The highest BCUT2D eigenvalue weighted by atomic mass is 35.5. The van der Waals surface area contributed by atoms with E-state index >= 15 is 0 Å². The van der Waals surface area contributed by atoms with Crippen molar-refractivity contribution in [3.8, 4) is 17.1 Å². The number of nitrogens with zero attached hydrogens (tertiary/aromatic N) is 3. The molecule has 0 spiro atoms. The van der Waals surface area contributed by atoms with Crippen LogP contribution in [0.2, 0.25) is 5.02 Å². The van der Waals surface area contributed by atoms with Crippen molar-refractivity contribution in [3.63, 3.8) is 0 Å². The van der Waals surface area contributed by atoms with E-state index in [9.17, 15) is 4.79 Å². The summed E-state index contributed by atoms with van der Waals surface area (Å²) in [7, 11) is 0. The predicted octanol–water partition coefficient (Wildman–Crippen LogP) is 6.24. The van der Waals surface area contributed by atoms with Crippen LogP contribution in [0.5, 0.6) is 0 Å². The number of rotatable bonds is 6. The summed E-state index contributed by atoms with van der Waals surface area (Å²) in [4.78, 5) is 12.7. The third kappa shape index (κ3) is 5.03. The van der Waals surface area contributed by atoms with Gasteiger partial charge in [-0.25, -0.2) is 0 Å². The first-order valence-corrected chi connectivity index (χ1v) is 11.6. The van der Waals surface area contributed by atoms with E-state index in [0.29, 0.717) is 16.0 Å². The van der Waals surface area contributed by atoms with Crippen LogP contribution < -0.4 is 5.32 Å². The van der Waals surface area contributed by atoms with Gasteiger partial charge in [-0.15, -0.1) is 10.2 Å². The molecule has 7 heteroatoms. The van der Waals surface area contributed by atoms with Gasteiger partial charge in [0, 0.05) is 22.0 Å². The van der Waals surface area contributed by atoms with E-state index in [1.165, 1.54) is 11.8 Å². The number of carbonyl (C=O) groups excluding carboxylic acids is 1. The summed E-state index contributed by atoms with van der Waals surface area (Å²) < 4.78 is 1.97. The molecule has 0 aliphatic carbocycles. The van der Waals surface area contributed by atoms with Gasteiger partial charge in [-0.05, 0) is 74.4 Å². The molecule has 0 fully saturated rings. The molecule has 0 saturated carbocycles. The van der Waals surface area contributed by atoms with Gasteiger partial charge in [0.05, 0.1) is 5.75 Å². The number of carbonyl (C=O) groups is 1. The van der Waals surface area contributed by atoms with Crippen LogP contribution in [0, 0.1) is 20.8 Å². The number of anilines is 1. The Morgan fingerprint density at radius 3 is 2.34 bits per heavy atom. The fraction of sp³-hybridized carbons (Fsp3) is 0.160. The van der Waals surface area contributed by atoms with E-state index in [4.69, 9.17) is 11.6 Å². The highest BCUT2D eigenvalue weighted by molar-refractivity contribution is 7.99. The van der Waals surface area contributed by atoms with Crippen LogP contribution in [-0.4, -0.2) is 26.4 Å². The van der Waals surface area contributed by atoms with E-state index < -0.39 is 0 Å². The topological polar surface area (TPSA) is 59.8 Å². The third-order valence-electron chi connectivity index (χ3n) is 5.03. The standard InChI is InChI=1S/C25H23ClN4OS/c1-16-5-12-21(13-6-16)30-24(19-8-10-20(26)11-9-19)28-29-25(30)32-15-23(31)27-22-14-17(2)4-7-18(22)3/h4-14H,15H2,1-3H3,(H,27,31). The molecule has 1 heterocycles. The first-order valence-electron chi connectivity index (χ1n) is 10.2. The minimum atomic E-state index is -0.0878. The smallest absolute Gasteiger partial charge is 0.234 e. The van der Waals surface area contributed by atoms with E-state index in [-0.39, 0.29) is 11.7 Å². The van der Waals surface area contributed by atoms with Crippen molar-refractivity contribution in [2.24, 2.45) is 0 Å². The quantitative estimate of drug-likeness (QED) is 0.344. The maximum Gasteiger partial charge on any atom is 0.234 e. The zero-order chi connectivity index (χ0) is 22.7. The molecular weight excluding hydrogens is 440 g/mol. The van der Waals surface area contributed by atoms with Gasteiger partial charge in [-0.1, -0.05) is 53.2 Å². The van der Waals surface area contributed by atoms with E-state index in [2.05, 4.69) is 15.5 Å². The highest BCUT2D eigenvalue weighted by Crippen LogP contribution is 2.29. The van der Waals surface area contributed by atoms with E-state index in [1.54, 1.807) is 0 Å². The van der Waals surface area contributed by atoms with Crippen LogP contribution >= 0.6 is 23.4 Å². The number of nitrogens with one attached hydrogen (secondary N) is 1. The van der Waals surface area contributed by atoms with Crippen LogP contribution in [-0.2, 0) is 4.79 Å². The van der Waals surface area contributed by atoms with Crippen molar-refractivity contribution >= 4 is 35.0 Å². The Balaban J connectivity index is 1.60. The number of aromatic nitrogens is 3. The molecular formula is C25H23ClN4OS. The minimum Gasteiger partial charge on any atom is -0.325 e.